The van der Waals surface area contributed by atoms with Gasteiger partial charge in [0, 0.05) is 30.4 Å². The number of hydrogen-bond acceptors (Lipinski definition) is 5. The number of aryl methyl sites for hydroxylation is 1. The van der Waals surface area contributed by atoms with Gasteiger partial charge >= 0.3 is 5.97 Å². The van der Waals surface area contributed by atoms with Crippen molar-refractivity contribution in [2.24, 2.45) is 0 Å². The molecule has 6 heteroatoms. The molecule has 0 saturated carbocycles. The molecule has 0 atom stereocenters. The first-order chi connectivity index (χ1) is 13.1. The van der Waals surface area contributed by atoms with Crippen molar-refractivity contribution in [2.75, 3.05) is 14.2 Å². The van der Waals surface area contributed by atoms with Gasteiger partial charge in [0.05, 0.1) is 25.3 Å². The number of benzene rings is 1. The Morgan fingerprint density at radius 3 is 2.56 bits per heavy atom. The first-order valence-electron chi connectivity index (χ1n) is 8.51. The monoisotopic (exact) mass is 364 g/mol. The Morgan fingerprint density at radius 1 is 1.15 bits per heavy atom. The van der Waals surface area contributed by atoms with Gasteiger partial charge in [-0.2, -0.15) is 5.26 Å². The molecule has 0 N–H and O–H groups in total. The first-order valence-corrected chi connectivity index (χ1v) is 8.51. The van der Waals surface area contributed by atoms with Gasteiger partial charge in [-0.25, -0.2) is 0 Å². The third kappa shape index (κ3) is 4.21. The van der Waals surface area contributed by atoms with Gasteiger partial charge in [0.2, 0.25) is 0 Å². The van der Waals surface area contributed by atoms with Gasteiger partial charge in [-0.1, -0.05) is 6.07 Å². The minimum atomic E-state index is -0.323. The third-order valence-corrected chi connectivity index (χ3v) is 4.29. The van der Waals surface area contributed by atoms with Crippen molar-refractivity contribution in [3.8, 4) is 17.6 Å². The van der Waals surface area contributed by atoms with Crippen LogP contribution in [-0.4, -0.2) is 24.6 Å². The second kappa shape index (κ2) is 8.28. The zero-order chi connectivity index (χ0) is 19.2. The number of pyridine rings is 1. The van der Waals surface area contributed by atoms with Crippen LogP contribution in [0.25, 0.3) is 5.52 Å². The normalized spacial score (nSPS) is 10.4. The Bertz CT molecular complexity index is 979. The maximum Gasteiger partial charge on any atom is 0.306 e. The Hall–Kier alpha value is -3.46. The number of rotatable bonds is 7. The largest absolute Gasteiger partial charge is 0.497 e. The summed E-state index contributed by atoms with van der Waals surface area (Å²) >= 11 is 0. The molecule has 2 aromatic heterocycles. The maximum absolute atomic E-state index is 12.1. The van der Waals surface area contributed by atoms with Crippen molar-refractivity contribution in [3.05, 3.63) is 65.5 Å². The molecule has 0 amide bonds. The van der Waals surface area contributed by atoms with Gasteiger partial charge in [-0.15, -0.1) is 0 Å². The minimum Gasteiger partial charge on any atom is -0.497 e. The summed E-state index contributed by atoms with van der Waals surface area (Å²) in [5.74, 6) is 1.03. The van der Waals surface area contributed by atoms with Crippen LogP contribution in [0.5, 0.6) is 11.5 Å². The van der Waals surface area contributed by atoms with Gasteiger partial charge in [0.1, 0.15) is 24.2 Å². The fourth-order valence-electron chi connectivity index (χ4n) is 2.90. The summed E-state index contributed by atoms with van der Waals surface area (Å²) in [6.45, 7) is 0.0742. The number of carbonyl (C=O) groups excluding carboxylic acids is 1. The summed E-state index contributed by atoms with van der Waals surface area (Å²) < 4.78 is 17.7. The average Bonchev–Trinajstić information content (AvgIpc) is 3.07. The lowest BCUT2D eigenvalue weighted by Crippen LogP contribution is -2.06. The molecule has 0 fully saturated rings. The summed E-state index contributed by atoms with van der Waals surface area (Å²) in [5.41, 5.74) is 2.95. The second-order valence-corrected chi connectivity index (χ2v) is 6.02. The predicted molar refractivity (Wildman–Crippen MR) is 99.8 cm³/mol. The van der Waals surface area contributed by atoms with Crippen LogP contribution in [-0.2, 0) is 22.6 Å². The summed E-state index contributed by atoms with van der Waals surface area (Å²) in [4.78, 5) is 12.1. The molecule has 3 rings (SSSR count). The third-order valence-electron chi connectivity index (χ3n) is 4.29. The standard InChI is InChI=1S/C21H20N2O4/c1-25-17-9-15(10-18(11-17)26-2)6-7-21(24)27-14-16-13-23-8-4-3-5-20(23)19(16)12-22/h3-5,8-11,13H,6-7,14H2,1-2H3. The molecule has 0 aliphatic heterocycles. The highest BCUT2D eigenvalue weighted by Crippen LogP contribution is 2.23. The summed E-state index contributed by atoms with van der Waals surface area (Å²) in [7, 11) is 3.17. The van der Waals surface area contributed by atoms with Crippen LogP contribution in [0, 0.1) is 11.3 Å². The Labute approximate surface area is 157 Å². The number of methoxy groups -OCH3 is 2. The molecule has 0 saturated heterocycles. The predicted octanol–water partition coefficient (Wildman–Crippen LogP) is 3.50. The Morgan fingerprint density at radius 2 is 1.89 bits per heavy atom. The molecule has 0 bridgehead atoms. The van der Waals surface area contributed by atoms with Crippen LogP contribution in [0.3, 0.4) is 0 Å². The fourth-order valence-corrected chi connectivity index (χ4v) is 2.90. The van der Waals surface area contributed by atoms with E-state index >= 15 is 0 Å². The number of fused-ring (bicyclic) bond motifs is 1. The van der Waals surface area contributed by atoms with E-state index in [0.717, 1.165) is 11.1 Å². The highest BCUT2D eigenvalue weighted by Gasteiger charge is 2.12. The number of nitrogens with zero attached hydrogens (tertiary/aromatic N) is 2. The molecule has 138 valence electrons. The van der Waals surface area contributed by atoms with Gasteiger partial charge < -0.3 is 18.6 Å². The molecule has 0 aliphatic carbocycles. The van der Waals surface area contributed by atoms with Gasteiger partial charge in [0.25, 0.3) is 0 Å². The van der Waals surface area contributed by atoms with Gasteiger partial charge in [-0.3, -0.25) is 4.79 Å². The topological polar surface area (TPSA) is 73.0 Å². The number of nitriles is 1. The van der Waals surface area contributed by atoms with E-state index in [1.807, 2.05) is 47.1 Å². The molecule has 0 radical (unpaired) electrons. The quantitative estimate of drug-likeness (QED) is 0.600. The number of aromatic nitrogens is 1. The van der Waals surface area contributed by atoms with Crippen LogP contribution < -0.4 is 9.47 Å². The van der Waals surface area contributed by atoms with E-state index in [-0.39, 0.29) is 19.0 Å². The van der Waals surface area contributed by atoms with Crippen LogP contribution in [0.15, 0.2) is 48.8 Å². The fraction of sp³-hybridized carbons (Fsp3) is 0.238. The lowest BCUT2D eigenvalue weighted by molar-refractivity contribution is -0.144. The van der Waals surface area contributed by atoms with E-state index in [9.17, 15) is 10.1 Å². The smallest absolute Gasteiger partial charge is 0.306 e. The molecule has 3 aromatic rings. The lowest BCUT2D eigenvalue weighted by Gasteiger charge is -2.08. The average molecular weight is 364 g/mol. The molecule has 1 aromatic carbocycles. The Kier molecular flexibility index (Phi) is 5.62. The summed E-state index contributed by atoms with van der Waals surface area (Å²) in [6, 6.07) is 13.3. The van der Waals surface area contributed by atoms with Crippen molar-refractivity contribution in [3.63, 3.8) is 0 Å². The van der Waals surface area contributed by atoms with Crippen LogP contribution in [0.4, 0.5) is 0 Å². The maximum atomic E-state index is 12.1. The van der Waals surface area contributed by atoms with Crippen LogP contribution >= 0.6 is 0 Å². The van der Waals surface area contributed by atoms with E-state index in [4.69, 9.17) is 14.2 Å². The molecule has 0 aliphatic rings. The number of hydrogen-bond donors (Lipinski definition) is 0. The zero-order valence-corrected chi connectivity index (χ0v) is 15.3. The Balaban J connectivity index is 1.62. The van der Waals surface area contributed by atoms with E-state index in [0.29, 0.717) is 29.0 Å². The van der Waals surface area contributed by atoms with E-state index in [2.05, 4.69) is 6.07 Å². The number of ether oxygens (including phenoxy) is 3. The van der Waals surface area contributed by atoms with Crippen molar-refractivity contribution in [1.29, 1.82) is 5.26 Å². The van der Waals surface area contributed by atoms with Crippen molar-refractivity contribution < 1.29 is 19.0 Å². The zero-order valence-electron chi connectivity index (χ0n) is 15.3. The minimum absolute atomic E-state index is 0.0742. The number of esters is 1. The highest BCUT2D eigenvalue weighted by atomic mass is 16.5. The first kappa shape index (κ1) is 18.3. The van der Waals surface area contributed by atoms with Crippen LogP contribution in [0.2, 0.25) is 0 Å². The molecule has 2 heterocycles. The molecule has 6 nitrogen and oxygen atoms in total. The summed E-state index contributed by atoms with van der Waals surface area (Å²) in [6.07, 6.45) is 4.41. The lowest BCUT2D eigenvalue weighted by atomic mass is 10.1. The van der Waals surface area contributed by atoms with Crippen molar-refractivity contribution in [2.45, 2.75) is 19.4 Å². The SMILES string of the molecule is COc1cc(CCC(=O)OCc2cn3ccccc3c2C#N)cc(OC)c1. The molecular weight excluding hydrogens is 344 g/mol. The van der Waals surface area contributed by atoms with Gasteiger partial charge in [0.15, 0.2) is 0 Å². The summed E-state index contributed by atoms with van der Waals surface area (Å²) in [5, 5.41) is 9.39. The van der Waals surface area contributed by atoms with Crippen molar-refractivity contribution >= 4 is 11.5 Å². The molecular formula is C21H20N2O4. The van der Waals surface area contributed by atoms with E-state index in [1.165, 1.54) is 0 Å². The molecule has 27 heavy (non-hydrogen) atoms. The van der Waals surface area contributed by atoms with Gasteiger partial charge in [-0.05, 0) is 36.2 Å². The van der Waals surface area contributed by atoms with Crippen molar-refractivity contribution in [1.82, 2.24) is 4.40 Å². The highest BCUT2D eigenvalue weighted by molar-refractivity contribution is 5.70. The molecule has 0 spiro atoms. The number of carbonyl (C=O) groups is 1. The second-order valence-electron chi connectivity index (χ2n) is 6.02. The van der Waals surface area contributed by atoms with E-state index < -0.39 is 0 Å². The van der Waals surface area contributed by atoms with E-state index in [1.54, 1.807) is 20.3 Å². The molecule has 0 unspecified atom stereocenters. The van der Waals surface area contributed by atoms with Crippen LogP contribution in [0.1, 0.15) is 23.1 Å².